The van der Waals surface area contributed by atoms with Gasteiger partial charge in [0.05, 0.1) is 17.3 Å². The average molecular weight is 532 g/mol. The summed E-state index contributed by atoms with van der Waals surface area (Å²) in [6.45, 7) is 1.94. The number of carbonyl (C=O) groups is 1. The second-order valence-electron chi connectivity index (χ2n) is 8.00. The van der Waals surface area contributed by atoms with E-state index >= 15 is 0 Å². The molecule has 0 bridgehead atoms. The van der Waals surface area contributed by atoms with Crippen molar-refractivity contribution in [3.05, 3.63) is 59.0 Å². The molecule has 0 saturated heterocycles. The Morgan fingerprint density at radius 2 is 1.97 bits per heavy atom. The molecular weight excluding hydrogens is 506 g/mol. The molecule has 0 radical (unpaired) electrons. The standard InChI is InChI=1S/C25H25N3O2S3.ClH/c1-28-13-11-18-21(15-28)33-25(23(18)24-26-19-5-3-4-6-20(19)32-24)27-22(29)12-14-31-17-9-7-16(30-2)8-10-17;/h3-10H,11-15H2,1-2H3,(H,27,29);1H. The van der Waals surface area contributed by atoms with Gasteiger partial charge in [0.2, 0.25) is 5.91 Å². The molecule has 2 aromatic carbocycles. The molecule has 5 rings (SSSR count). The molecule has 3 heterocycles. The zero-order chi connectivity index (χ0) is 22.8. The van der Waals surface area contributed by atoms with Gasteiger partial charge >= 0.3 is 0 Å². The number of likely N-dealkylation sites (N-methyl/N-ethyl adjacent to an activating group) is 1. The van der Waals surface area contributed by atoms with Crippen molar-refractivity contribution in [1.29, 1.82) is 0 Å². The van der Waals surface area contributed by atoms with Gasteiger partial charge in [-0.05, 0) is 55.4 Å². The molecule has 1 N–H and O–H groups in total. The van der Waals surface area contributed by atoms with Crippen LogP contribution in [-0.2, 0) is 17.8 Å². The van der Waals surface area contributed by atoms with Crippen LogP contribution in [0.5, 0.6) is 5.75 Å². The summed E-state index contributed by atoms with van der Waals surface area (Å²) in [5.41, 5.74) is 3.49. The highest BCUT2D eigenvalue weighted by atomic mass is 35.5. The first-order valence-electron chi connectivity index (χ1n) is 10.9. The number of halogens is 1. The molecule has 178 valence electrons. The minimum absolute atomic E-state index is 0. The zero-order valence-electron chi connectivity index (χ0n) is 19.0. The summed E-state index contributed by atoms with van der Waals surface area (Å²) in [6, 6.07) is 16.2. The van der Waals surface area contributed by atoms with Crippen LogP contribution in [0.1, 0.15) is 16.9 Å². The van der Waals surface area contributed by atoms with E-state index in [2.05, 4.69) is 29.4 Å². The molecule has 1 amide bonds. The lowest BCUT2D eigenvalue weighted by Gasteiger charge is -2.22. The number of anilines is 1. The Morgan fingerprint density at radius 3 is 2.74 bits per heavy atom. The van der Waals surface area contributed by atoms with Gasteiger partial charge < -0.3 is 15.0 Å². The number of methoxy groups -OCH3 is 1. The predicted molar refractivity (Wildman–Crippen MR) is 147 cm³/mol. The molecule has 4 aromatic rings. The maximum atomic E-state index is 12.9. The van der Waals surface area contributed by atoms with E-state index in [1.165, 1.54) is 15.1 Å². The lowest BCUT2D eigenvalue weighted by Crippen LogP contribution is -2.25. The number of aromatic nitrogens is 1. The number of para-hydroxylation sites is 1. The summed E-state index contributed by atoms with van der Waals surface area (Å²) < 4.78 is 6.38. The van der Waals surface area contributed by atoms with Gasteiger partial charge in [-0.15, -0.1) is 46.8 Å². The quantitative estimate of drug-likeness (QED) is 0.273. The number of thiazole rings is 1. The number of amides is 1. The van der Waals surface area contributed by atoms with Gasteiger partial charge in [-0.2, -0.15) is 0 Å². The highest BCUT2D eigenvalue weighted by Crippen LogP contribution is 2.45. The first-order valence-corrected chi connectivity index (χ1v) is 13.5. The van der Waals surface area contributed by atoms with Crippen molar-refractivity contribution in [3.63, 3.8) is 0 Å². The van der Waals surface area contributed by atoms with Crippen LogP contribution in [-0.4, -0.2) is 42.2 Å². The van der Waals surface area contributed by atoms with Crippen molar-refractivity contribution >= 4 is 68.0 Å². The Balaban J connectivity index is 0.00000274. The van der Waals surface area contributed by atoms with Crippen LogP contribution in [0.25, 0.3) is 20.8 Å². The molecule has 2 aromatic heterocycles. The number of hydrogen-bond acceptors (Lipinski definition) is 7. The van der Waals surface area contributed by atoms with Crippen molar-refractivity contribution in [2.75, 3.05) is 31.8 Å². The number of rotatable bonds is 7. The van der Waals surface area contributed by atoms with Gasteiger partial charge in [0, 0.05) is 40.6 Å². The fourth-order valence-corrected chi connectivity index (χ4v) is 7.25. The third-order valence-electron chi connectivity index (χ3n) is 5.67. The molecule has 5 nitrogen and oxygen atoms in total. The molecular formula is C25H26ClN3O2S3. The molecule has 0 spiro atoms. The third kappa shape index (κ3) is 5.42. The van der Waals surface area contributed by atoms with Crippen LogP contribution in [0.2, 0.25) is 0 Å². The molecule has 0 unspecified atom stereocenters. The summed E-state index contributed by atoms with van der Waals surface area (Å²) in [4.78, 5) is 22.6. The van der Waals surface area contributed by atoms with Crippen molar-refractivity contribution < 1.29 is 9.53 Å². The number of ether oxygens (including phenoxy) is 1. The second-order valence-corrected chi connectivity index (χ2v) is 11.3. The number of hydrogen-bond donors (Lipinski definition) is 1. The van der Waals surface area contributed by atoms with E-state index in [9.17, 15) is 4.79 Å². The summed E-state index contributed by atoms with van der Waals surface area (Å²) in [7, 11) is 3.81. The minimum atomic E-state index is 0. The summed E-state index contributed by atoms with van der Waals surface area (Å²) in [5.74, 6) is 1.61. The fraction of sp³-hybridized carbons (Fsp3) is 0.280. The first-order chi connectivity index (χ1) is 16.1. The van der Waals surface area contributed by atoms with E-state index < -0.39 is 0 Å². The van der Waals surface area contributed by atoms with Crippen LogP contribution in [0.15, 0.2) is 53.4 Å². The summed E-state index contributed by atoms with van der Waals surface area (Å²) in [5, 5.41) is 5.16. The fourth-order valence-electron chi connectivity index (χ4n) is 3.95. The molecule has 9 heteroatoms. The lowest BCUT2D eigenvalue weighted by molar-refractivity contribution is -0.115. The Hall–Kier alpha value is -2.10. The normalized spacial score (nSPS) is 13.4. The van der Waals surface area contributed by atoms with Gasteiger partial charge in [-0.1, -0.05) is 12.1 Å². The smallest absolute Gasteiger partial charge is 0.225 e. The zero-order valence-corrected chi connectivity index (χ0v) is 22.3. The second kappa shape index (κ2) is 11.1. The van der Waals surface area contributed by atoms with Gasteiger partial charge in [-0.3, -0.25) is 4.79 Å². The van der Waals surface area contributed by atoms with Crippen molar-refractivity contribution in [1.82, 2.24) is 9.88 Å². The van der Waals surface area contributed by atoms with Crippen molar-refractivity contribution in [3.8, 4) is 16.3 Å². The average Bonchev–Trinajstić information content (AvgIpc) is 3.39. The summed E-state index contributed by atoms with van der Waals surface area (Å²) in [6.07, 6.45) is 1.44. The van der Waals surface area contributed by atoms with Gasteiger partial charge in [0.25, 0.3) is 0 Å². The van der Waals surface area contributed by atoms with Crippen LogP contribution < -0.4 is 10.1 Å². The number of carbonyl (C=O) groups excluding carboxylic acids is 1. The topological polar surface area (TPSA) is 54.5 Å². The molecule has 0 saturated carbocycles. The number of nitrogens with zero attached hydrogens (tertiary/aromatic N) is 2. The van der Waals surface area contributed by atoms with E-state index in [1.807, 2.05) is 36.4 Å². The van der Waals surface area contributed by atoms with Crippen LogP contribution in [0.3, 0.4) is 0 Å². The van der Waals surface area contributed by atoms with Crippen LogP contribution in [0, 0.1) is 0 Å². The molecule has 0 aliphatic carbocycles. The van der Waals surface area contributed by atoms with E-state index in [-0.39, 0.29) is 18.3 Å². The lowest BCUT2D eigenvalue weighted by atomic mass is 10.0. The summed E-state index contributed by atoms with van der Waals surface area (Å²) >= 11 is 5.09. The maximum absolute atomic E-state index is 12.9. The van der Waals surface area contributed by atoms with Crippen molar-refractivity contribution in [2.24, 2.45) is 0 Å². The van der Waals surface area contributed by atoms with E-state index in [0.717, 1.165) is 57.0 Å². The third-order valence-corrected chi connectivity index (χ3v) is 8.87. The molecule has 34 heavy (non-hydrogen) atoms. The Morgan fingerprint density at radius 1 is 1.18 bits per heavy atom. The minimum Gasteiger partial charge on any atom is -0.497 e. The highest BCUT2D eigenvalue weighted by Gasteiger charge is 2.26. The monoisotopic (exact) mass is 531 g/mol. The molecule has 0 fully saturated rings. The van der Waals surface area contributed by atoms with E-state index in [4.69, 9.17) is 9.72 Å². The number of thiophene rings is 1. The molecule has 0 atom stereocenters. The van der Waals surface area contributed by atoms with E-state index in [0.29, 0.717) is 6.42 Å². The Bertz CT molecular complexity index is 1250. The van der Waals surface area contributed by atoms with Gasteiger partial charge in [0.1, 0.15) is 15.8 Å². The maximum Gasteiger partial charge on any atom is 0.225 e. The van der Waals surface area contributed by atoms with Crippen LogP contribution in [0.4, 0.5) is 5.00 Å². The Labute approximate surface area is 218 Å². The number of fused-ring (bicyclic) bond motifs is 2. The number of thioether (sulfide) groups is 1. The van der Waals surface area contributed by atoms with Crippen molar-refractivity contribution in [2.45, 2.75) is 24.3 Å². The van der Waals surface area contributed by atoms with Gasteiger partial charge in [-0.25, -0.2) is 4.98 Å². The Kier molecular flexibility index (Phi) is 8.16. The predicted octanol–water partition coefficient (Wildman–Crippen LogP) is 6.56. The van der Waals surface area contributed by atoms with E-state index in [1.54, 1.807) is 41.5 Å². The molecule has 1 aliphatic heterocycles. The molecule has 1 aliphatic rings. The highest BCUT2D eigenvalue weighted by molar-refractivity contribution is 7.99. The SMILES string of the molecule is COc1ccc(SCCC(=O)Nc2sc3c(c2-c2nc4ccccc4s2)CCN(C)C3)cc1.Cl. The van der Waals surface area contributed by atoms with Crippen LogP contribution >= 0.6 is 46.8 Å². The first kappa shape index (κ1) is 25.0. The number of nitrogens with one attached hydrogen (secondary N) is 1. The largest absolute Gasteiger partial charge is 0.497 e. The van der Waals surface area contributed by atoms with Gasteiger partial charge in [0.15, 0.2) is 0 Å². The number of benzene rings is 2.